The van der Waals surface area contributed by atoms with Crippen LogP contribution in [0.15, 0.2) is 49.6 Å². The lowest BCUT2D eigenvalue weighted by Crippen LogP contribution is -2.48. The second kappa shape index (κ2) is 21.4. The quantitative estimate of drug-likeness (QED) is 0.132. The zero-order chi connectivity index (χ0) is 27.1. The SMILES string of the molecule is C=CCN(CC=C)CCCNCCCCOCCCNC(=O)C(Cc1ccc(O)cc1)NC(=O)CCC. The lowest BCUT2D eigenvalue weighted by molar-refractivity contribution is -0.129. The zero-order valence-electron chi connectivity index (χ0n) is 22.7. The van der Waals surface area contributed by atoms with Gasteiger partial charge in [-0.25, -0.2) is 0 Å². The molecular formula is C29H48N4O4. The van der Waals surface area contributed by atoms with Crippen molar-refractivity contribution in [1.29, 1.82) is 0 Å². The van der Waals surface area contributed by atoms with Gasteiger partial charge in [0.1, 0.15) is 11.8 Å². The number of ether oxygens (including phenoxy) is 1. The van der Waals surface area contributed by atoms with Gasteiger partial charge in [-0.05, 0) is 69.4 Å². The monoisotopic (exact) mass is 516 g/mol. The van der Waals surface area contributed by atoms with E-state index in [0.29, 0.717) is 39.0 Å². The van der Waals surface area contributed by atoms with E-state index < -0.39 is 6.04 Å². The number of aromatic hydroxyl groups is 1. The molecule has 0 fully saturated rings. The predicted octanol–water partition coefficient (Wildman–Crippen LogP) is 3.18. The molecule has 0 saturated carbocycles. The van der Waals surface area contributed by atoms with Crippen LogP contribution in [0.3, 0.4) is 0 Å². The number of rotatable bonds is 23. The molecule has 0 radical (unpaired) electrons. The number of unbranched alkanes of at least 4 members (excludes halogenated alkanes) is 1. The van der Waals surface area contributed by atoms with Crippen LogP contribution in [0.2, 0.25) is 0 Å². The van der Waals surface area contributed by atoms with Crippen LogP contribution in [0.4, 0.5) is 0 Å². The Morgan fingerprint density at radius 3 is 2.35 bits per heavy atom. The first-order valence-electron chi connectivity index (χ1n) is 13.6. The van der Waals surface area contributed by atoms with Crippen molar-refractivity contribution in [3.8, 4) is 5.75 Å². The molecule has 0 aliphatic heterocycles. The van der Waals surface area contributed by atoms with Gasteiger partial charge in [0.05, 0.1) is 0 Å². The molecule has 0 spiro atoms. The Bertz CT molecular complexity index is 760. The number of phenolic OH excluding ortho intramolecular Hbond substituents is 1. The third kappa shape index (κ3) is 16.6. The highest BCUT2D eigenvalue weighted by Crippen LogP contribution is 2.11. The highest BCUT2D eigenvalue weighted by Gasteiger charge is 2.20. The standard InChI is InChI=1S/C29H48N4O4/c1-4-11-28(35)32-27(24-25-12-14-26(34)15-13-25)29(36)31-18-10-23-37-22-8-7-16-30-17-9-21-33(19-5-2)20-6-3/h5-6,12-15,27,30,34H,2-4,7-11,16-24H2,1H3,(H,31,36)(H,32,35). The van der Waals surface area contributed by atoms with Gasteiger partial charge in [0.2, 0.25) is 11.8 Å². The van der Waals surface area contributed by atoms with E-state index in [9.17, 15) is 14.7 Å². The van der Waals surface area contributed by atoms with E-state index in [0.717, 1.165) is 64.0 Å². The average Bonchev–Trinajstić information content (AvgIpc) is 2.88. The highest BCUT2D eigenvalue weighted by molar-refractivity contribution is 5.87. The summed E-state index contributed by atoms with van der Waals surface area (Å²) in [6.45, 7) is 16.1. The number of hydrogen-bond acceptors (Lipinski definition) is 6. The molecule has 8 nitrogen and oxygen atoms in total. The molecule has 8 heteroatoms. The Morgan fingerprint density at radius 1 is 1.00 bits per heavy atom. The van der Waals surface area contributed by atoms with E-state index in [1.165, 1.54) is 0 Å². The maximum atomic E-state index is 12.7. The molecule has 1 rings (SSSR count). The number of carbonyl (C=O) groups is 2. The first-order chi connectivity index (χ1) is 18.0. The van der Waals surface area contributed by atoms with Crippen LogP contribution in [-0.2, 0) is 20.7 Å². The number of carbonyl (C=O) groups excluding carboxylic acids is 2. The van der Waals surface area contributed by atoms with Crippen LogP contribution in [-0.4, -0.2) is 80.3 Å². The van der Waals surface area contributed by atoms with Crippen molar-refractivity contribution in [3.63, 3.8) is 0 Å². The lowest BCUT2D eigenvalue weighted by atomic mass is 10.0. The van der Waals surface area contributed by atoms with Crippen molar-refractivity contribution >= 4 is 11.8 Å². The second-order valence-electron chi connectivity index (χ2n) is 9.15. The number of hydrogen-bond donors (Lipinski definition) is 4. The van der Waals surface area contributed by atoms with E-state index in [4.69, 9.17) is 4.74 Å². The summed E-state index contributed by atoms with van der Waals surface area (Å²) in [6.07, 6.45) is 9.20. The number of amides is 2. The molecule has 1 atom stereocenters. The molecule has 4 N–H and O–H groups in total. The predicted molar refractivity (Wildman–Crippen MR) is 151 cm³/mol. The maximum Gasteiger partial charge on any atom is 0.242 e. The molecule has 0 aliphatic carbocycles. The van der Waals surface area contributed by atoms with Gasteiger partial charge in [-0.15, -0.1) is 13.2 Å². The molecule has 1 aromatic carbocycles. The van der Waals surface area contributed by atoms with Gasteiger partial charge in [-0.3, -0.25) is 14.5 Å². The molecule has 37 heavy (non-hydrogen) atoms. The fraction of sp³-hybridized carbons (Fsp3) is 0.586. The van der Waals surface area contributed by atoms with E-state index in [-0.39, 0.29) is 17.6 Å². The summed E-state index contributed by atoms with van der Waals surface area (Å²) in [4.78, 5) is 27.1. The van der Waals surface area contributed by atoms with Crippen LogP contribution in [0, 0.1) is 0 Å². The molecular weight excluding hydrogens is 468 g/mol. The fourth-order valence-corrected chi connectivity index (χ4v) is 3.81. The first-order valence-corrected chi connectivity index (χ1v) is 13.6. The largest absolute Gasteiger partial charge is 0.508 e. The first kappa shape index (κ1) is 32.3. The minimum Gasteiger partial charge on any atom is -0.508 e. The Kier molecular flexibility index (Phi) is 18.7. The molecule has 1 unspecified atom stereocenters. The molecule has 1 aromatic rings. The highest BCUT2D eigenvalue weighted by atomic mass is 16.5. The van der Waals surface area contributed by atoms with E-state index in [1.54, 1.807) is 24.3 Å². The summed E-state index contributed by atoms with van der Waals surface area (Å²) in [5.74, 6) is -0.177. The van der Waals surface area contributed by atoms with Crippen LogP contribution in [0.1, 0.15) is 51.0 Å². The van der Waals surface area contributed by atoms with Crippen molar-refractivity contribution in [1.82, 2.24) is 20.9 Å². The topological polar surface area (TPSA) is 103 Å². The summed E-state index contributed by atoms with van der Waals surface area (Å²) in [6, 6.07) is 6.02. The van der Waals surface area contributed by atoms with Gasteiger partial charge >= 0.3 is 0 Å². The van der Waals surface area contributed by atoms with Crippen LogP contribution in [0.5, 0.6) is 5.75 Å². The molecule has 0 bridgehead atoms. The molecule has 2 amide bonds. The van der Waals surface area contributed by atoms with Gasteiger partial charge in [-0.2, -0.15) is 0 Å². The Hall–Kier alpha value is -2.68. The number of benzene rings is 1. The number of nitrogens with zero attached hydrogens (tertiary/aromatic N) is 1. The normalized spacial score (nSPS) is 11.7. The summed E-state index contributed by atoms with van der Waals surface area (Å²) < 4.78 is 5.69. The number of nitrogens with one attached hydrogen (secondary N) is 3. The maximum absolute atomic E-state index is 12.7. The summed E-state index contributed by atoms with van der Waals surface area (Å²) in [5, 5.41) is 18.7. The van der Waals surface area contributed by atoms with Crippen molar-refractivity contribution in [2.75, 3.05) is 52.5 Å². The second-order valence-corrected chi connectivity index (χ2v) is 9.15. The van der Waals surface area contributed by atoms with Gasteiger partial charge in [0.25, 0.3) is 0 Å². The summed E-state index contributed by atoms with van der Waals surface area (Å²) in [7, 11) is 0. The third-order valence-electron chi connectivity index (χ3n) is 5.76. The van der Waals surface area contributed by atoms with Gasteiger partial charge in [0, 0.05) is 45.7 Å². The van der Waals surface area contributed by atoms with E-state index in [1.807, 2.05) is 19.1 Å². The Morgan fingerprint density at radius 2 is 1.68 bits per heavy atom. The minimum atomic E-state index is -0.649. The van der Waals surface area contributed by atoms with E-state index >= 15 is 0 Å². The molecule has 0 heterocycles. The van der Waals surface area contributed by atoms with Crippen molar-refractivity contribution < 1.29 is 19.4 Å². The Labute approximate surface area is 223 Å². The third-order valence-corrected chi connectivity index (χ3v) is 5.76. The van der Waals surface area contributed by atoms with Crippen LogP contribution < -0.4 is 16.0 Å². The average molecular weight is 517 g/mol. The smallest absolute Gasteiger partial charge is 0.242 e. The van der Waals surface area contributed by atoms with Crippen molar-refractivity contribution in [2.45, 2.75) is 57.9 Å². The van der Waals surface area contributed by atoms with Gasteiger partial charge in [0.15, 0.2) is 0 Å². The summed E-state index contributed by atoms with van der Waals surface area (Å²) in [5.41, 5.74) is 0.870. The van der Waals surface area contributed by atoms with Crippen LogP contribution >= 0.6 is 0 Å². The molecule has 208 valence electrons. The van der Waals surface area contributed by atoms with Gasteiger partial charge in [-0.1, -0.05) is 31.2 Å². The molecule has 0 saturated heterocycles. The Balaban J connectivity index is 2.14. The van der Waals surface area contributed by atoms with Gasteiger partial charge < -0.3 is 25.8 Å². The zero-order valence-corrected chi connectivity index (χ0v) is 22.7. The minimum absolute atomic E-state index is 0.137. The van der Waals surface area contributed by atoms with Crippen LogP contribution in [0.25, 0.3) is 0 Å². The summed E-state index contributed by atoms with van der Waals surface area (Å²) >= 11 is 0. The molecule has 0 aromatic heterocycles. The van der Waals surface area contributed by atoms with Crippen molar-refractivity contribution in [2.24, 2.45) is 0 Å². The lowest BCUT2D eigenvalue weighted by Gasteiger charge is -2.19. The van der Waals surface area contributed by atoms with Crippen molar-refractivity contribution in [3.05, 3.63) is 55.1 Å². The van der Waals surface area contributed by atoms with E-state index in [2.05, 4.69) is 34.0 Å². The molecule has 0 aliphatic rings. The fourth-order valence-electron chi connectivity index (χ4n) is 3.81. The number of phenols is 1.